The normalized spacial score (nSPS) is 15.8. The van der Waals surface area contributed by atoms with Crippen LogP contribution >= 0.6 is 0 Å². The van der Waals surface area contributed by atoms with Gasteiger partial charge < -0.3 is 15.1 Å². The minimum absolute atomic E-state index is 0.296. The van der Waals surface area contributed by atoms with Gasteiger partial charge in [0.25, 0.3) is 5.91 Å². The monoisotopic (exact) mass is 288 g/mol. The lowest BCUT2D eigenvalue weighted by Gasteiger charge is -2.22. The first-order valence-corrected chi connectivity index (χ1v) is 6.87. The lowest BCUT2D eigenvalue weighted by atomic mass is 10.1. The van der Waals surface area contributed by atoms with Crippen molar-refractivity contribution in [3.05, 3.63) is 46.8 Å². The number of amides is 1. The van der Waals surface area contributed by atoms with Crippen molar-refractivity contribution in [1.82, 2.24) is 15.1 Å². The SMILES string of the molecule is O=C(Nc1cnn(C2CCNCC2)c1)c1ccc(=O)oc1. The van der Waals surface area contributed by atoms with E-state index in [0.717, 1.165) is 32.2 Å². The molecule has 1 aliphatic heterocycles. The molecule has 2 N–H and O–H groups in total. The van der Waals surface area contributed by atoms with Gasteiger partial charge >= 0.3 is 5.63 Å². The predicted octanol–water partition coefficient (Wildman–Crippen LogP) is 1.01. The van der Waals surface area contributed by atoms with Crippen LogP contribution in [0.5, 0.6) is 0 Å². The Bertz CT molecular complexity index is 665. The van der Waals surface area contributed by atoms with Crippen molar-refractivity contribution in [2.75, 3.05) is 18.4 Å². The van der Waals surface area contributed by atoms with E-state index in [1.54, 1.807) is 6.20 Å². The highest BCUT2D eigenvalue weighted by Crippen LogP contribution is 2.19. The Morgan fingerprint density at radius 3 is 2.90 bits per heavy atom. The maximum atomic E-state index is 12.0. The Labute approximate surface area is 121 Å². The molecule has 7 heteroatoms. The Morgan fingerprint density at radius 1 is 1.38 bits per heavy atom. The molecule has 1 fully saturated rings. The topological polar surface area (TPSA) is 89.2 Å². The van der Waals surface area contributed by atoms with Crippen LogP contribution in [0.4, 0.5) is 5.69 Å². The molecule has 0 aliphatic carbocycles. The number of rotatable bonds is 3. The number of nitrogens with zero attached hydrogens (tertiary/aromatic N) is 2. The maximum absolute atomic E-state index is 12.0. The molecule has 2 aromatic heterocycles. The van der Waals surface area contributed by atoms with Crippen LogP contribution in [0.1, 0.15) is 29.2 Å². The Hall–Kier alpha value is -2.41. The number of piperidine rings is 1. The van der Waals surface area contributed by atoms with Gasteiger partial charge in [0.2, 0.25) is 0 Å². The fourth-order valence-corrected chi connectivity index (χ4v) is 2.36. The molecule has 1 saturated heterocycles. The van der Waals surface area contributed by atoms with E-state index >= 15 is 0 Å². The van der Waals surface area contributed by atoms with Crippen LogP contribution in [0, 0.1) is 0 Å². The molecule has 0 unspecified atom stereocenters. The molecule has 1 aliphatic rings. The van der Waals surface area contributed by atoms with Gasteiger partial charge in [-0.1, -0.05) is 0 Å². The van der Waals surface area contributed by atoms with Crippen LogP contribution in [0.2, 0.25) is 0 Å². The van der Waals surface area contributed by atoms with Crippen LogP contribution < -0.4 is 16.3 Å². The van der Waals surface area contributed by atoms with Crippen LogP contribution in [-0.4, -0.2) is 28.8 Å². The quantitative estimate of drug-likeness (QED) is 0.880. The number of anilines is 1. The Balaban J connectivity index is 1.67. The molecule has 2 aromatic rings. The highest BCUT2D eigenvalue weighted by Gasteiger charge is 2.16. The van der Waals surface area contributed by atoms with Gasteiger partial charge in [0, 0.05) is 12.3 Å². The zero-order chi connectivity index (χ0) is 14.7. The molecule has 0 radical (unpaired) electrons. The molecule has 1 amide bonds. The minimum Gasteiger partial charge on any atom is -0.430 e. The van der Waals surface area contributed by atoms with Gasteiger partial charge in [-0.25, -0.2) is 4.79 Å². The summed E-state index contributed by atoms with van der Waals surface area (Å²) in [6.45, 7) is 1.96. The molecule has 0 spiro atoms. The number of hydrogen-bond acceptors (Lipinski definition) is 5. The molecular formula is C14H16N4O3. The highest BCUT2D eigenvalue weighted by molar-refractivity contribution is 6.03. The second kappa shape index (κ2) is 5.92. The van der Waals surface area contributed by atoms with Crippen molar-refractivity contribution >= 4 is 11.6 Å². The van der Waals surface area contributed by atoms with Gasteiger partial charge in [-0.3, -0.25) is 9.48 Å². The smallest absolute Gasteiger partial charge is 0.335 e. The summed E-state index contributed by atoms with van der Waals surface area (Å²) in [7, 11) is 0. The predicted molar refractivity (Wildman–Crippen MR) is 76.3 cm³/mol. The summed E-state index contributed by atoms with van der Waals surface area (Å²) in [5.74, 6) is -0.330. The van der Waals surface area contributed by atoms with Crippen molar-refractivity contribution in [3.63, 3.8) is 0 Å². The fourth-order valence-electron chi connectivity index (χ4n) is 2.36. The first-order valence-electron chi connectivity index (χ1n) is 6.87. The number of nitrogens with one attached hydrogen (secondary N) is 2. The molecule has 110 valence electrons. The van der Waals surface area contributed by atoms with E-state index < -0.39 is 5.63 Å². The third-order valence-electron chi connectivity index (χ3n) is 3.51. The number of hydrogen-bond donors (Lipinski definition) is 2. The van der Waals surface area contributed by atoms with Gasteiger partial charge in [-0.15, -0.1) is 0 Å². The average Bonchev–Trinajstić information content (AvgIpc) is 2.97. The van der Waals surface area contributed by atoms with Gasteiger partial charge in [0.1, 0.15) is 6.26 Å². The van der Waals surface area contributed by atoms with E-state index in [4.69, 9.17) is 0 Å². The van der Waals surface area contributed by atoms with Crippen LogP contribution in [-0.2, 0) is 0 Å². The van der Waals surface area contributed by atoms with Crippen LogP contribution in [0.3, 0.4) is 0 Å². The molecule has 0 aromatic carbocycles. The van der Waals surface area contributed by atoms with Crippen molar-refractivity contribution in [1.29, 1.82) is 0 Å². The van der Waals surface area contributed by atoms with Crippen molar-refractivity contribution in [2.24, 2.45) is 0 Å². The van der Waals surface area contributed by atoms with Gasteiger partial charge in [-0.2, -0.15) is 5.10 Å². The molecule has 7 nitrogen and oxygen atoms in total. The Kier molecular flexibility index (Phi) is 3.83. The fraction of sp³-hybridized carbons (Fsp3) is 0.357. The second-order valence-corrected chi connectivity index (χ2v) is 4.99. The lowest BCUT2D eigenvalue weighted by molar-refractivity contribution is 0.102. The first kappa shape index (κ1) is 13.6. The summed E-state index contributed by atoms with van der Waals surface area (Å²) < 4.78 is 6.56. The Morgan fingerprint density at radius 2 is 2.19 bits per heavy atom. The largest absolute Gasteiger partial charge is 0.430 e. The summed E-state index contributed by atoms with van der Waals surface area (Å²) in [5.41, 5.74) is 0.444. The summed E-state index contributed by atoms with van der Waals surface area (Å²) >= 11 is 0. The van der Waals surface area contributed by atoms with E-state index in [0.29, 0.717) is 17.3 Å². The van der Waals surface area contributed by atoms with E-state index in [1.807, 2.05) is 10.9 Å². The molecular weight excluding hydrogens is 272 g/mol. The maximum Gasteiger partial charge on any atom is 0.335 e. The standard InChI is InChI=1S/C14H16N4O3/c19-13-2-1-10(9-21-13)14(20)17-11-7-16-18(8-11)12-3-5-15-6-4-12/h1-2,7-9,12,15H,3-6H2,(H,17,20). The minimum atomic E-state index is -0.481. The number of carbonyl (C=O) groups excluding carboxylic acids is 1. The summed E-state index contributed by atoms with van der Waals surface area (Å²) in [4.78, 5) is 22.9. The molecule has 21 heavy (non-hydrogen) atoms. The molecule has 0 bridgehead atoms. The third kappa shape index (κ3) is 3.19. The van der Waals surface area contributed by atoms with Crippen molar-refractivity contribution < 1.29 is 9.21 Å². The summed E-state index contributed by atoms with van der Waals surface area (Å²) in [6, 6.07) is 3.01. The third-order valence-corrected chi connectivity index (χ3v) is 3.51. The van der Waals surface area contributed by atoms with Gasteiger partial charge in [-0.05, 0) is 32.0 Å². The van der Waals surface area contributed by atoms with Crippen molar-refractivity contribution in [2.45, 2.75) is 18.9 Å². The van der Waals surface area contributed by atoms with Crippen molar-refractivity contribution in [3.8, 4) is 0 Å². The van der Waals surface area contributed by atoms with Gasteiger partial charge in [0.15, 0.2) is 0 Å². The number of aromatic nitrogens is 2. The number of carbonyl (C=O) groups is 1. The molecule has 3 heterocycles. The molecule has 0 atom stereocenters. The second-order valence-electron chi connectivity index (χ2n) is 4.99. The lowest BCUT2D eigenvalue weighted by Crippen LogP contribution is -2.29. The van der Waals surface area contributed by atoms with Gasteiger partial charge in [0.05, 0.1) is 23.5 Å². The highest BCUT2D eigenvalue weighted by atomic mass is 16.4. The van der Waals surface area contributed by atoms with E-state index in [2.05, 4.69) is 20.1 Å². The zero-order valence-corrected chi connectivity index (χ0v) is 11.4. The zero-order valence-electron chi connectivity index (χ0n) is 11.4. The molecule has 3 rings (SSSR count). The first-order chi connectivity index (χ1) is 10.2. The molecule has 0 saturated carbocycles. The summed E-state index contributed by atoms with van der Waals surface area (Å²) in [5, 5.41) is 10.3. The van der Waals surface area contributed by atoms with E-state index in [-0.39, 0.29) is 5.91 Å². The van der Waals surface area contributed by atoms with E-state index in [1.165, 1.54) is 12.1 Å². The van der Waals surface area contributed by atoms with Crippen LogP contribution in [0.15, 0.2) is 40.0 Å². The van der Waals surface area contributed by atoms with Crippen LogP contribution in [0.25, 0.3) is 0 Å². The van der Waals surface area contributed by atoms with E-state index in [9.17, 15) is 9.59 Å². The summed E-state index contributed by atoms with van der Waals surface area (Å²) in [6.07, 6.45) is 6.65. The average molecular weight is 288 g/mol.